The first-order valence-electron chi connectivity index (χ1n) is 9.16. The molecule has 0 aliphatic heterocycles. The predicted molar refractivity (Wildman–Crippen MR) is 104 cm³/mol. The van der Waals surface area contributed by atoms with E-state index < -0.39 is 5.91 Å². The standard InChI is InChI=1S/C21H23N3O3/c1-2-3-12-22-20(26)15-7-4-8-16(13-15)21(27)24-23-17-11-10-14-6-5-9-18(25)19(14)17/h4-9,13,25H,2-3,10-12H2,1H3,(H,22,26)(H,24,27)/b23-17+. The molecule has 0 radical (unpaired) electrons. The molecule has 0 saturated heterocycles. The minimum atomic E-state index is -0.394. The van der Waals surface area contributed by atoms with E-state index in [0.29, 0.717) is 35.4 Å². The van der Waals surface area contributed by atoms with Crippen LogP contribution in [0.3, 0.4) is 0 Å². The zero-order valence-corrected chi connectivity index (χ0v) is 15.3. The molecular weight excluding hydrogens is 342 g/mol. The van der Waals surface area contributed by atoms with Crippen LogP contribution >= 0.6 is 0 Å². The molecule has 0 atom stereocenters. The Morgan fingerprint density at radius 3 is 2.59 bits per heavy atom. The van der Waals surface area contributed by atoms with E-state index >= 15 is 0 Å². The van der Waals surface area contributed by atoms with E-state index in [-0.39, 0.29) is 11.7 Å². The molecule has 27 heavy (non-hydrogen) atoms. The van der Waals surface area contributed by atoms with E-state index in [9.17, 15) is 14.7 Å². The summed E-state index contributed by atoms with van der Waals surface area (Å²) in [6.45, 7) is 2.67. The maximum absolute atomic E-state index is 12.4. The number of rotatable bonds is 6. The Bertz CT molecular complexity index is 890. The van der Waals surface area contributed by atoms with Crippen LogP contribution in [0.1, 0.15) is 58.0 Å². The normalized spacial score (nSPS) is 14.0. The fourth-order valence-corrected chi connectivity index (χ4v) is 3.08. The van der Waals surface area contributed by atoms with Crippen LogP contribution in [0.4, 0.5) is 0 Å². The van der Waals surface area contributed by atoms with Crippen LogP contribution in [0.15, 0.2) is 47.6 Å². The van der Waals surface area contributed by atoms with Crippen LogP contribution in [0, 0.1) is 0 Å². The van der Waals surface area contributed by atoms with Crippen LogP contribution in [0.25, 0.3) is 0 Å². The highest BCUT2D eigenvalue weighted by atomic mass is 16.3. The van der Waals surface area contributed by atoms with Gasteiger partial charge in [-0.3, -0.25) is 9.59 Å². The van der Waals surface area contributed by atoms with Gasteiger partial charge in [0.15, 0.2) is 0 Å². The highest BCUT2D eigenvalue weighted by Gasteiger charge is 2.21. The lowest BCUT2D eigenvalue weighted by molar-refractivity contribution is 0.0953. The zero-order chi connectivity index (χ0) is 19.2. The van der Waals surface area contributed by atoms with Gasteiger partial charge in [-0.1, -0.05) is 31.5 Å². The van der Waals surface area contributed by atoms with Gasteiger partial charge in [-0.2, -0.15) is 5.10 Å². The number of phenolic OH excluding ortho intramolecular Hbond substituents is 1. The van der Waals surface area contributed by atoms with Crippen molar-refractivity contribution >= 4 is 17.5 Å². The topological polar surface area (TPSA) is 90.8 Å². The van der Waals surface area contributed by atoms with Crippen LogP contribution in [0.2, 0.25) is 0 Å². The number of aromatic hydroxyl groups is 1. The number of nitrogens with zero attached hydrogens (tertiary/aromatic N) is 1. The Hall–Kier alpha value is -3.15. The number of nitrogens with one attached hydrogen (secondary N) is 2. The van der Waals surface area contributed by atoms with Gasteiger partial charge in [0.1, 0.15) is 5.75 Å². The summed E-state index contributed by atoms with van der Waals surface area (Å²) in [5.74, 6) is -0.419. The van der Waals surface area contributed by atoms with Crippen molar-refractivity contribution in [3.63, 3.8) is 0 Å². The number of hydrogen-bond acceptors (Lipinski definition) is 4. The number of hydrazone groups is 1. The molecule has 0 bridgehead atoms. The molecule has 0 spiro atoms. The molecule has 3 rings (SSSR count). The quantitative estimate of drug-likeness (QED) is 0.543. The Morgan fingerprint density at radius 1 is 1.07 bits per heavy atom. The van der Waals surface area contributed by atoms with Gasteiger partial charge in [0.2, 0.25) is 0 Å². The summed E-state index contributed by atoms with van der Waals surface area (Å²) in [6.07, 6.45) is 3.36. The van der Waals surface area contributed by atoms with E-state index in [4.69, 9.17) is 0 Å². The third kappa shape index (κ3) is 4.34. The Balaban J connectivity index is 1.69. The molecule has 1 aliphatic rings. The fraction of sp³-hybridized carbons (Fsp3) is 0.286. The van der Waals surface area contributed by atoms with Crippen molar-refractivity contribution in [2.24, 2.45) is 5.10 Å². The van der Waals surface area contributed by atoms with Crippen molar-refractivity contribution < 1.29 is 14.7 Å². The summed E-state index contributed by atoms with van der Waals surface area (Å²) in [5, 5.41) is 17.1. The average Bonchev–Trinajstić information content (AvgIpc) is 3.11. The van der Waals surface area contributed by atoms with Crippen LogP contribution < -0.4 is 10.7 Å². The summed E-state index contributed by atoms with van der Waals surface area (Å²) < 4.78 is 0. The van der Waals surface area contributed by atoms with Crippen molar-refractivity contribution in [2.75, 3.05) is 6.54 Å². The second kappa shape index (κ2) is 8.49. The van der Waals surface area contributed by atoms with Crippen molar-refractivity contribution in [1.82, 2.24) is 10.7 Å². The van der Waals surface area contributed by atoms with Gasteiger partial charge in [0, 0.05) is 23.2 Å². The number of unbranched alkanes of at least 4 members (excludes halogenated alkanes) is 1. The maximum Gasteiger partial charge on any atom is 0.271 e. The molecule has 0 unspecified atom stereocenters. The van der Waals surface area contributed by atoms with Gasteiger partial charge in [0.05, 0.1) is 5.71 Å². The second-order valence-electron chi connectivity index (χ2n) is 6.50. The lowest BCUT2D eigenvalue weighted by Gasteiger charge is -2.07. The predicted octanol–water partition coefficient (Wildman–Crippen LogP) is 3.00. The van der Waals surface area contributed by atoms with Crippen molar-refractivity contribution in [2.45, 2.75) is 32.6 Å². The molecule has 140 valence electrons. The van der Waals surface area contributed by atoms with E-state index in [1.165, 1.54) is 0 Å². The smallest absolute Gasteiger partial charge is 0.271 e. The minimum absolute atomic E-state index is 0.170. The average molecular weight is 365 g/mol. The van der Waals surface area contributed by atoms with Crippen LogP contribution in [0.5, 0.6) is 5.75 Å². The second-order valence-corrected chi connectivity index (χ2v) is 6.50. The van der Waals surface area contributed by atoms with Gasteiger partial charge < -0.3 is 10.4 Å². The lowest BCUT2D eigenvalue weighted by Crippen LogP contribution is -2.25. The summed E-state index contributed by atoms with van der Waals surface area (Å²) >= 11 is 0. The number of phenols is 1. The van der Waals surface area contributed by atoms with Gasteiger partial charge in [0.25, 0.3) is 11.8 Å². The largest absolute Gasteiger partial charge is 0.507 e. The zero-order valence-electron chi connectivity index (χ0n) is 15.3. The first-order valence-corrected chi connectivity index (χ1v) is 9.16. The summed E-state index contributed by atoms with van der Waals surface area (Å²) in [4.78, 5) is 24.6. The first kappa shape index (κ1) is 18.6. The number of aryl methyl sites for hydroxylation is 1. The third-order valence-electron chi connectivity index (χ3n) is 4.54. The van der Waals surface area contributed by atoms with Gasteiger partial charge in [-0.05, 0) is 49.1 Å². The molecule has 0 heterocycles. The lowest BCUT2D eigenvalue weighted by atomic mass is 10.1. The number of fused-ring (bicyclic) bond motifs is 1. The SMILES string of the molecule is CCCCNC(=O)c1cccc(C(=O)N/N=C2\CCc3cccc(O)c32)c1. The molecule has 0 aromatic heterocycles. The monoisotopic (exact) mass is 365 g/mol. The van der Waals surface area contributed by atoms with Crippen molar-refractivity contribution in [3.05, 3.63) is 64.7 Å². The Kier molecular flexibility index (Phi) is 5.86. The summed E-state index contributed by atoms with van der Waals surface area (Å²) in [7, 11) is 0. The van der Waals surface area contributed by atoms with E-state index in [2.05, 4.69) is 22.8 Å². The fourth-order valence-electron chi connectivity index (χ4n) is 3.08. The van der Waals surface area contributed by atoms with Crippen LogP contribution in [-0.2, 0) is 6.42 Å². The number of carbonyl (C=O) groups excluding carboxylic acids is 2. The maximum atomic E-state index is 12.4. The molecule has 2 aromatic carbocycles. The highest BCUT2D eigenvalue weighted by molar-refractivity contribution is 6.07. The van der Waals surface area contributed by atoms with Gasteiger partial charge >= 0.3 is 0 Å². The van der Waals surface area contributed by atoms with E-state index in [1.807, 2.05) is 6.07 Å². The molecule has 0 fully saturated rings. The highest BCUT2D eigenvalue weighted by Crippen LogP contribution is 2.29. The third-order valence-corrected chi connectivity index (χ3v) is 4.54. The van der Waals surface area contributed by atoms with Crippen LogP contribution in [-0.4, -0.2) is 29.2 Å². The molecule has 6 heteroatoms. The summed E-state index contributed by atoms with van der Waals surface area (Å²) in [6, 6.07) is 11.9. The first-order chi connectivity index (χ1) is 13.1. The molecule has 1 aliphatic carbocycles. The Morgan fingerprint density at radius 2 is 1.81 bits per heavy atom. The van der Waals surface area contributed by atoms with Crippen molar-refractivity contribution in [1.29, 1.82) is 0 Å². The number of carbonyl (C=O) groups is 2. The minimum Gasteiger partial charge on any atom is -0.507 e. The molecule has 3 N–H and O–H groups in total. The van der Waals surface area contributed by atoms with E-state index in [0.717, 1.165) is 24.8 Å². The number of hydrogen-bond donors (Lipinski definition) is 3. The number of amides is 2. The molecular formula is C21H23N3O3. The molecule has 6 nitrogen and oxygen atoms in total. The van der Waals surface area contributed by atoms with Crippen molar-refractivity contribution in [3.8, 4) is 5.75 Å². The van der Waals surface area contributed by atoms with E-state index in [1.54, 1.807) is 36.4 Å². The number of benzene rings is 2. The Labute approximate surface area is 158 Å². The molecule has 0 saturated carbocycles. The van der Waals surface area contributed by atoms with Gasteiger partial charge in [-0.25, -0.2) is 5.43 Å². The molecule has 2 amide bonds. The molecule has 2 aromatic rings. The van der Waals surface area contributed by atoms with Gasteiger partial charge in [-0.15, -0.1) is 0 Å². The summed E-state index contributed by atoms with van der Waals surface area (Å²) in [5.41, 5.74) is 5.71.